The molecule has 0 bridgehead atoms. The molecule has 1 amide bonds. The minimum absolute atomic E-state index is 0.202. The molecule has 7 heteroatoms. The molecule has 150 valence electrons. The molecule has 1 heterocycles. The standard InChI is InChI=1S/C22H23N3O4/c1-14-6-5-7-18(15(14)2)23-21(26)13-25-22(27)11-9-19(24-25)17-12-16(28-3)8-10-20(17)29-4/h5-12H,13H2,1-4H3,(H,23,26). The predicted molar refractivity (Wildman–Crippen MR) is 112 cm³/mol. The van der Waals surface area contributed by atoms with E-state index in [2.05, 4.69) is 10.4 Å². The van der Waals surface area contributed by atoms with Gasteiger partial charge in [-0.2, -0.15) is 5.10 Å². The van der Waals surface area contributed by atoms with E-state index in [9.17, 15) is 9.59 Å². The van der Waals surface area contributed by atoms with Gasteiger partial charge in [0, 0.05) is 17.3 Å². The van der Waals surface area contributed by atoms with Gasteiger partial charge in [0.1, 0.15) is 18.0 Å². The van der Waals surface area contributed by atoms with Gasteiger partial charge in [-0.05, 0) is 55.3 Å². The molecule has 0 aliphatic heterocycles. The third-order valence-electron chi connectivity index (χ3n) is 4.72. The Bertz CT molecular complexity index is 1110. The number of hydrogen-bond acceptors (Lipinski definition) is 5. The monoisotopic (exact) mass is 393 g/mol. The minimum Gasteiger partial charge on any atom is -0.497 e. The van der Waals surface area contributed by atoms with Crippen LogP contribution in [0.15, 0.2) is 53.3 Å². The van der Waals surface area contributed by atoms with Crippen molar-refractivity contribution in [1.29, 1.82) is 0 Å². The number of methoxy groups -OCH3 is 2. The van der Waals surface area contributed by atoms with Crippen molar-refractivity contribution in [3.05, 3.63) is 70.0 Å². The number of anilines is 1. The van der Waals surface area contributed by atoms with E-state index >= 15 is 0 Å². The molecule has 29 heavy (non-hydrogen) atoms. The molecule has 2 aromatic carbocycles. The Hall–Kier alpha value is -3.61. The second-order valence-electron chi connectivity index (χ2n) is 6.58. The van der Waals surface area contributed by atoms with E-state index in [1.54, 1.807) is 38.5 Å². The zero-order chi connectivity index (χ0) is 21.0. The van der Waals surface area contributed by atoms with Crippen LogP contribution in [0.3, 0.4) is 0 Å². The zero-order valence-corrected chi connectivity index (χ0v) is 16.9. The van der Waals surface area contributed by atoms with Gasteiger partial charge in [0.05, 0.1) is 19.9 Å². The fraction of sp³-hybridized carbons (Fsp3) is 0.227. The van der Waals surface area contributed by atoms with E-state index in [0.717, 1.165) is 15.8 Å². The molecule has 0 unspecified atom stereocenters. The summed E-state index contributed by atoms with van der Waals surface area (Å²) >= 11 is 0. The largest absolute Gasteiger partial charge is 0.497 e. The van der Waals surface area contributed by atoms with Crippen LogP contribution < -0.4 is 20.3 Å². The topological polar surface area (TPSA) is 82.5 Å². The van der Waals surface area contributed by atoms with Crippen LogP contribution in [0.4, 0.5) is 5.69 Å². The van der Waals surface area contributed by atoms with Crippen LogP contribution >= 0.6 is 0 Å². The van der Waals surface area contributed by atoms with Gasteiger partial charge in [0.15, 0.2) is 0 Å². The molecule has 3 rings (SSSR count). The maximum atomic E-state index is 12.5. The van der Waals surface area contributed by atoms with E-state index in [1.807, 2.05) is 32.0 Å². The Labute approximate surface area is 168 Å². The molecule has 0 aliphatic rings. The van der Waals surface area contributed by atoms with E-state index < -0.39 is 0 Å². The predicted octanol–water partition coefficient (Wildman–Crippen LogP) is 3.18. The number of rotatable bonds is 6. The molecule has 0 radical (unpaired) electrons. The highest BCUT2D eigenvalue weighted by molar-refractivity contribution is 5.91. The quantitative estimate of drug-likeness (QED) is 0.696. The molecule has 3 aromatic rings. The van der Waals surface area contributed by atoms with Gasteiger partial charge >= 0.3 is 0 Å². The highest BCUT2D eigenvalue weighted by atomic mass is 16.5. The van der Waals surface area contributed by atoms with E-state index in [4.69, 9.17) is 9.47 Å². The number of carbonyl (C=O) groups excluding carboxylic acids is 1. The van der Waals surface area contributed by atoms with Gasteiger partial charge in [0.25, 0.3) is 5.56 Å². The molecule has 0 atom stereocenters. The van der Waals surface area contributed by atoms with Gasteiger partial charge in [0.2, 0.25) is 5.91 Å². The van der Waals surface area contributed by atoms with Gasteiger partial charge in [-0.3, -0.25) is 9.59 Å². The third kappa shape index (κ3) is 4.45. The number of amides is 1. The summed E-state index contributed by atoms with van der Waals surface area (Å²) in [7, 11) is 3.12. The summed E-state index contributed by atoms with van der Waals surface area (Å²) in [5.74, 6) is 0.888. The maximum Gasteiger partial charge on any atom is 0.267 e. The number of hydrogen-bond donors (Lipinski definition) is 1. The first kappa shape index (κ1) is 20.1. The summed E-state index contributed by atoms with van der Waals surface area (Å²) in [6.45, 7) is 3.71. The molecule has 1 N–H and O–H groups in total. The molecular formula is C22H23N3O4. The van der Waals surface area contributed by atoms with Gasteiger partial charge in [-0.1, -0.05) is 12.1 Å². The van der Waals surface area contributed by atoms with Crippen molar-refractivity contribution >= 4 is 11.6 Å². The first-order chi connectivity index (χ1) is 13.9. The van der Waals surface area contributed by atoms with Crippen LogP contribution in [-0.2, 0) is 11.3 Å². The lowest BCUT2D eigenvalue weighted by Gasteiger charge is -2.13. The first-order valence-corrected chi connectivity index (χ1v) is 9.09. The lowest BCUT2D eigenvalue weighted by molar-refractivity contribution is -0.117. The molecule has 0 aliphatic carbocycles. The van der Waals surface area contributed by atoms with Crippen molar-refractivity contribution in [3.8, 4) is 22.8 Å². The molecule has 0 saturated carbocycles. The van der Waals surface area contributed by atoms with Crippen LogP contribution in [0.25, 0.3) is 11.3 Å². The molecule has 0 fully saturated rings. The molecule has 1 aromatic heterocycles. The highest BCUT2D eigenvalue weighted by Gasteiger charge is 2.13. The first-order valence-electron chi connectivity index (χ1n) is 9.09. The summed E-state index contributed by atoms with van der Waals surface area (Å²) in [6, 6.07) is 14.0. The van der Waals surface area contributed by atoms with Crippen molar-refractivity contribution in [2.75, 3.05) is 19.5 Å². The Morgan fingerprint density at radius 3 is 2.59 bits per heavy atom. The number of benzene rings is 2. The minimum atomic E-state index is -0.369. The van der Waals surface area contributed by atoms with E-state index in [-0.39, 0.29) is 18.0 Å². The van der Waals surface area contributed by atoms with Crippen molar-refractivity contribution in [2.24, 2.45) is 0 Å². The fourth-order valence-corrected chi connectivity index (χ4v) is 2.93. The summed E-state index contributed by atoms with van der Waals surface area (Å²) in [4.78, 5) is 24.8. The number of carbonyl (C=O) groups is 1. The van der Waals surface area contributed by atoms with Gasteiger partial charge in [-0.15, -0.1) is 0 Å². The van der Waals surface area contributed by atoms with Crippen molar-refractivity contribution in [1.82, 2.24) is 9.78 Å². The number of nitrogens with one attached hydrogen (secondary N) is 1. The van der Waals surface area contributed by atoms with Crippen LogP contribution in [0, 0.1) is 13.8 Å². The fourth-order valence-electron chi connectivity index (χ4n) is 2.93. The molecule has 7 nitrogen and oxygen atoms in total. The number of aryl methyl sites for hydroxylation is 1. The van der Waals surface area contributed by atoms with Crippen molar-refractivity contribution in [2.45, 2.75) is 20.4 Å². The van der Waals surface area contributed by atoms with Crippen molar-refractivity contribution in [3.63, 3.8) is 0 Å². The second-order valence-corrected chi connectivity index (χ2v) is 6.58. The molecule has 0 spiro atoms. The zero-order valence-electron chi connectivity index (χ0n) is 16.9. The maximum absolute atomic E-state index is 12.5. The lowest BCUT2D eigenvalue weighted by atomic mass is 10.1. The lowest BCUT2D eigenvalue weighted by Crippen LogP contribution is -2.29. The average Bonchev–Trinajstić information content (AvgIpc) is 2.72. The number of nitrogens with zero attached hydrogens (tertiary/aromatic N) is 2. The van der Waals surface area contributed by atoms with Crippen LogP contribution in [0.1, 0.15) is 11.1 Å². The van der Waals surface area contributed by atoms with Crippen LogP contribution in [0.2, 0.25) is 0 Å². The van der Waals surface area contributed by atoms with E-state index in [0.29, 0.717) is 28.4 Å². The number of aromatic nitrogens is 2. The summed E-state index contributed by atoms with van der Waals surface area (Å²) in [5, 5.41) is 7.20. The smallest absolute Gasteiger partial charge is 0.267 e. The third-order valence-corrected chi connectivity index (χ3v) is 4.72. The Morgan fingerprint density at radius 1 is 1.07 bits per heavy atom. The molecule has 0 saturated heterocycles. The Balaban J connectivity index is 1.89. The SMILES string of the molecule is COc1ccc(OC)c(-c2ccc(=O)n(CC(=O)Nc3cccc(C)c3C)n2)c1. The summed E-state index contributed by atoms with van der Waals surface area (Å²) in [6.07, 6.45) is 0. The van der Waals surface area contributed by atoms with Crippen molar-refractivity contribution < 1.29 is 14.3 Å². The highest BCUT2D eigenvalue weighted by Crippen LogP contribution is 2.31. The Morgan fingerprint density at radius 2 is 1.86 bits per heavy atom. The summed E-state index contributed by atoms with van der Waals surface area (Å²) < 4.78 is 11.8. The average molecular weight is 393 g/mol. The van der Waals surface area contributed by atoms with Gasteiger partial charge in [-0.25, -0.2) is 4.68 Å². The summed E-state index contributed by atoms with van der Waals surface area (Å²) in [5.41, 5.74) is 3.57. The van der Waals surface area contributed by atoms with Gasteiger partial charge < -0.3 is 14.8 Å². The second kappa shape index (κ2) is 8.60. The van der Waals surface area contributed by atoms with Crippen LogP contribution in [-0.4, -0.2) is 29.9 Å². The Kier molecular flexibility index (Phi) is 5.97. The van der Waals surface area contributed by atoms with E-state index in [1.165, 1.54) is 6.07 Å². The normalized spacial score (nSPS) is 10.5. The van der Waals surface area contributed by atoms with Crippen LogP contribution in [0.5, 0.6) is 11.5 Å². The number of ether oxygens (including phenoxy) is 2. The molecular weight excluding hydrogens is 370 g/mol.